The number of thiol groups is 2. The predicted octanol–water partition coefficient (Wildman–Crippen LogP) is 15.7. The second kappa shape index (κ2) is 21.5. The van der Waals surface area contributed by atoms with Gasteiger partial charge < -0.3 is 9.80 Å². The topological polar surface area (TPSA) is 6.48 Å². The van der Waals surface area contributed by atoms with Crippen molar-refractivity contribution in [2.45, 2.75) is 19.3 Å². The molecule has 0 bridgehead atoms. The maximum Gasteiger partial charge on any atom is 0.0613 e. The molecule has 0 saturated heterocycles. The molecule has 0 atom stereocenters. The van der Waals surface area contributed by atoms with Gasteiger partial charge in [0, 0.05) is 50.4 Å². The van der Waals surface area contributed by atoms with E-state index in [0.717, 1.165) is 57.9 Å². The van der Waals surface area contributed by atoms with E-state index in [2.05, 4.69) is 235 Å². The molecule has 0 aliphatic heterocycles. The number of benzene rings is 5. The molecule has 0 N–H and O–H groups in total. The van der Waals surface area contributed by atoms with E-state index in [9.17, 15) is 0 Å². The van der Waals surface area contributed by atoms with Gasteiger partial charge in [0.05, 0.1) is 11.4 Å². The zero-order valence-corrected chi connectivity index (χ0v) is 35.7. The van der Waals surface area contributed by atoms with Gasteiger partial charge in [-0.05, 0) is 84.3 Å². The highest BCUT2D eigenvalue weighted by Gasteiger charge is 2.29. The molecule has 0 amide bonds. The molecule has 0 aromatic heterocycles. The molecule has 0 fully saturated rings. The van der Waals surface area contributed by atoms with Gasteiger partial charge in [0.15, 0.2) is 0 Å². The molecule has 3 aliphatic carbocycles. The highest BCUT2D eigenvalue weighted by molar-refractivity contribution is 7.90. The average Bonchev–Trinajstić information content (AvgIpc) is 3.85. The van der Waals surface area contributed by atoms with Crippen molar-refractivity contribution in [3.63, 3.8) is 0 Å². The maximum absolute atomic E-state index is 5.11. The van der Waals surface area contributed by atoms with Crippen molar-refractivity contribution >= 4 is 75.8 Å². The zero-order chi connectivity index (χ0) is 41.4. The van der Waals surface area contributed by atoms with Crippen LogP contribution < -0.4 is 9.80 Å². The third-order valence-electron chi connectivity index (χ3n) is 10.3. The van der Waals surface area contributed by atoms with E-state index in [1.807, 2.05) is 24.3 Å². The van der Waals surface area contributed by atoms with Crippen LogP contribution >= 0.6 is 25.3 Å². The lowest BCUT2D eigenvalue weighted by molar-refractivity contribution is 1.03. The Morgan fingerprint density at radius 1 is 0.567 bits per heavy atom. The SMILES string of the molecule is CS.S\C(=C/C=C/C=C/C=C/c1ccccc1)c1ccc2c(N(c3ccccc3)c3ccccc3)c3c(c(N(C4=CCC=CC=C4)C4=CC=CC=CC4)c2c1)C=CC=CC3. The molecular weight excluding hydrogens is 765 g/mol. The number of para-hydroxylation sites is 2. The first kappa shape index (κ1) is 41.7. The normalized spacial score (nSPS) is 14.8. The molecule has 0 unspecified atom stereocenters. The van der Waals surface area contributed by atoms with Gasteiger partial charge in [-0.25, -0.2) is 0 Å². The number of hydrogen-bond donors (Lipinski definition) is 2. The van der Waals surface area contributed by atoms with E-state index in [4.69, 9.17) is 12.6 Å². The van der Waals surface area contributed by atoms with Gasteiger partial charge in [-0.2, -0.15) is 12.6 Å². The van der Waals surface area contributed by atoms with Crippen molar-refractivity contribution in [1.29, 1.82) is 0 Å². The maximum atomic E-state index is 5.11. The Balaban J connectivity index is 0.00000268. The second-order valence-corrected chi connectivity index (χ2v) is 14.6. The van der Waals surface area contributed by atoms with Crippen LogP contribution in [0.25, 0.3) is 27.8 Å². The number of fused-ring (bicyclic) bond motifs is 2. The molecule has 4 heteroatoms. The number of allylic oxidation sites excluding steroid dienone is 19. The van der Waals surface area contributed by atoms with Crippen LogP contribution in [0.2, 0.25) is 0 Å². The minimum Gasteiger partial charge on any atom is -0.313 e. The summed E-state index contributed by atoms with van der Waals surface area (Å²) in [6.45, 7) is 0. The van der Waals surface area contributed by atoms with Gasteiger partial charge in [0.2, 0.25) is 0 Å². The fourth-order valence-corrected chi connectivity index (χ4v) is 7.84. The number of rotatable bonds is 11. The Morgan fingerprint density at radius 2 is 1.22 bits per heavy atom. The second-order valence-electron chi connectivity index (χ2n) is 14.1. The van der Waals surface area contributed by atoms with Crippen molar-refractivity contribution in [3.8, 4) is 0 Å². The Labute approximate surface area is 367 Å². The summed E-state index contributed by atoms with van der Waals surface area (Å²) in [5.74, 6) is 0. The summed E-state index contributed by atoms with van der Waals surface area (Å²) in [6, 6.07) is 38.7. The van der Waals surface area contributed by atoms with Crippen molar-refractivity contribution in [3.05, 3.63) is 258 Å². The van der Waals surface area contributed by atoms with E-state index < -0.39 is 0 Å². The van der Waals surface area contributed by atoms with E-state index in [1.165, 1.54) is 33.5 Å². The molecule has 2 nitrogen and oxygen atoms in total. The summed E-state index contributed by atoms with van der Waals surface area (Å²) in [6.07, 6.45) is 49.5. The van der Waals surface area contributed by atoms with Gasteiger partial charge in [-0.1, -0.05) is 188 Å². The van der Waals surface area contributed by atoms with Crippen LogP contribution in [0.4, 0.5) is 22.7 Å². The Morgan fingerprint density at radius 3 is 1.98 bits per heavy atom. The van der Waals surface area contributed by atoms with Crippen LogP contribution in [-0.2, 0) is 6.42 Å². The molecule has 296 valence electrons. The van der Waals surface area contributed by atoms with E-state index in [1.54, 1.807) is 6.26 Å². The van der Waals surface area contributed by atoms with Crippen LogP contribution in [0, 0.1) is 0 Å². The largest absolute Gasteiger partial charge is 0.313 e. The molecule has 0 saturated carbocycles. The molecule has 5 aromatic carbocycles. The number of nitrogens with zero attached hydrogens (tertiary/aromatic N) is 2. The molecular formula is C56H50N2S2. The van der Waals surface area contributed by atoms with Crippen LogP contribution in [0.5, 0.6) is 0 Å². The van der Waals surface area contributed by atoms with Gasteiger partial charge in [-0.3, -0.25) is 0 Å². The summed E-state index contributed by atoms with van der Waals surface area (Å²) in [5.41, 5.74) is 11.6. The minimum absolute atomic E-state index is 0.776. The first-order valence-electron chi connectivity index (χ1n) is 20.4. The Kier molecular flexibility index (Phi) is 15.0. The van der Waals surface area contributed by atoms with Crippen LogP contribution in [0.15, 0.2) is 236 Å². The lowest BCUT2D eigenvalue weighted by Crippen LogP contribution is -2.23. The molecule has 3 aliphatic rings. The highest BCUT2D eigenvalue weighted by Crippen LogP contribution is 2.50. The Bertz CT molecular complexity index is 2590. The van der Waals surface area contributed by atoms with Crippen molar-refractivity contribution < 1.29 is 0 Å². The molecule has 0 spiro atoms. The fraction of sp³-hybridized carbons (Fsp3) is 0.0714. The van der Waals surface area contributed by atoms with Crippen LogP contribution in [0.3, 0.4) is 0 Å². The van der Waals surface area contributed by atoms with Crippen LogP contribution in [0.1, 0.15) is 35.1 Å². The third kappa shape index (κ3) is 10.0. The summed E-state index contributed by atoms with van der Waals surface area (Å²) >= 11 is 8.64. The smallest absolute Gasteiger partial charge is 0.0613 e. The standard InChI is InChI=1S/C55H46N2S.CH4S/c58-53(39-25-3-1-2-12-26-43-27-13-8-14-28-43)44-40-41-51-52(42-44)55(57(47-29-15-4-5-16-30-47)48-31-17-6-7-18-32-48)50-38-24-11-23-37-49(50)54(51)56(45-33-19-9-20-34-45)46-35-21-10-22-36-46;1-2/h1-17,19-29,31-36,38-42,58H,18,30,37H2;2H,1H3/b2-1+,25-3+,26-12+,53-39-;. The first-order valence-corrected chi connectivity index (χ1v) is 21.7. The minimum atomic E-state index is 0.776. The quantitative estimate of drug-likeness (QED) is 0.0779. The van der Waals surface area contributed by atoms with Gasteiger partial charge in [0.25, 0.3) is 0 Å². The Hall–Kier alpha value is -6.46. The molecule has 0 heterocycles. The average molecular weight is 815 g/mol. The lowest BCUT2D eigenvalue weighted by Gasteiger charge is -2.35. The molecule has 0 radical (unpaired) electrons. The van der Waals surface area contributed by atoms with E-state index in [0.29, 0.717) is 0 Å². The predicted molar refractivity (Wildman–Crippen MR) is 271 cm³/mol. The first-order chi connectivity index (χ1) is 29.8. The summed E-state index contributed by atoms with van der Waals surface area (Å²) in [4.78, 5) is 5.82. The zero-order valence-electron chi connectivity index (χ0n) is 33.9. The van der Waals surface area contributed by atoms with E-state index in [-0.39, 0.29) is 0 Å². The molecule has 8 rings (SSSR count). The van der Waals surface area contributed by atoms with Crippen LogP contribution in [-0.4, -0.2) is 6.26 Å². The summed E-state index contributed by atoms with van der Waals surface area (Å²) < 4.78 is 0. The molecule has 5 aromatic rings. The van der Waals surface area contributed by atoms with Crippen molar-refractivity contribution in [1.82, 2.24) is 0 Å². The van der Waals surface area contributed by atoms with Gasteiger partial charge >= 0.3 is 0 Å². The lowest BCUT2D eigenvalue weighted by atomic mass is 9.90. The summed E-state index contributed by atoms with van der Waals surface area (Å²) in [7, 11) is 0. The summed E-state index contributed by atoms with van der Waals surface area (Å²) in [5, 5.41) is 2.31. The third-order valence-corrected chi connectivity index (χ3v) is 10.7. The molecule has 60 heavy (non-hydrogen) atoms. The number of hydrogen-bond acceptors (Lipinski definition) is 4. The monoisotopic (exact) mass is 814 g/mol. The van der Waals surface area contributed by atoms with Gasteiger partial charge in [0.1, 0.15) is 0 Å². The van der Waals surface area contributed by atoms with E-state index >= 15 is 0 Å². The fourth-order valence-electron chi connectivity index (χ4n) is 7.61. The van der Waals surface area contributed by atoms with Crippen molar-refractivity contribution in [2.75, 3.05) is 16.1 Å². The van der Waals surface area contributed by atoms with Crippen molar-refractivity contribution in [2.24, 2.45) is 0 Å². The highest BCUT2D eigenvalue weighted by atomic mass is 32.1. The number of anilines is 4. The van der Waals surface area contributed by atoms with Gasteiger partial charge in [-0.15, -0.1) is 12.6 Å².